The molecule has 0 aliphatic carbocycles. The Morgan fingerprint density at radius 1 is 1.06 bits per heavy atom. The van der Waals surface area contributed by atoms with Gasteiger partial charge in [0.05, 0.1) is 6.54 Å². The van der Waals surface area contributed by atoms with Crippen molar-refractivity contribution in [3.05, 3.63) is 85.5 Å². The van der Waals surface area contributed by atoms with Gasteiger partial charge in [0.15, 0.2) is 11.2 Å². The lowest BCUT2D eigenvalue weighted by Crippen LogP contribution is -2.40. The Morgan fingerprint density at radius 3 is 2.52 bits per heavy atom. The van der Waals surface area contributed by atoms with Crippen LogP contribution in [-0.2, 0) is 26.6 Å². The summed E-state index contributed by atoms with van der Waals surface area (Å²) >= 11 is 6.11. The second-order valence-corrected chi connectivity index (χ2v) is 9.23. The van der Waals surface area contributed by atoms with Gasteiger partial charge in [0.2, 0.25) is 5.95 Å². The molecule has 0 saturated carbocycles. The Balaban J connectivity index is 1.69. The van der Waals surface area contributed by atoms with E-state index in [0.717, 1.165) is 24.2 Å². The molecule has 3 heterocycles. The van der Waals surface area contributed by atoms with Crippen molar-refractivity contribution in [2.45, 2.75) is 33.4 Å². The van der Waals surface area contributed by atoms with Gasteiger partial charge in [-0.25, -0.2) is 4.79 Å². The number of anilines is 2. The molecule has 7 nitrogen and oxygen atoms in total. The lowest BCUT2D eigenvalue weighted by molar-refractivity contribution is 0.458. The first-order valence-electron chi connectivity index (χ1n) is 11.2. The van der Waals surface area contributed by atoms with Crippen molar-refractivity contribution in [2.24, 2.45) is 13.0 Å². The summed E-state index contributed by atoms with van der Waals surface area (Å²) in [5.41, 5.74) is 3.23. The molecule has 33 heavy (non-hydrogen) atoms. The van der Waals surface area contributed by atoms with Crippen LogP contribution in [0.25, 0.3) is 11.2 Å². The number of imidazole rings is 1. The smallest absolute Gasteiger partial charge is 0.312 e. The van der Waals surface area contributed by atoms with Crippen LogP contribution >= 0.6 is 11.6 Å². The number of halogens is 1. The zero-order valence-corrected chi connectivity index (χ0v) is 19.7. The van der Waals surface area contributed by atoms with Gasteiger partial charge in [-0.1, -0.05) is 49.7 Å². The maximum Gasteiger partial charge on any atom is 0.332 e. The number of hydrogen-bond acceptors (Lipinski definition) is 4. The average molecular weight is 464 g/mol. The summed E-state index contributed by atoms with van der Waals surface area (Å²) in [6.07, 6.45) is 0.976. The van der Waals surface area contributed by atoms with Crippen molar-refractivity contribution < 1.29 is 0 Å². The number of rotatable bonds is 4. The van der Waals surface area contributed by atoms with E-state index in [9.17, 15) is 9.59 Å². The van der Waals surface area contributed by atoms with Crippen LogP contribution in [0, 0.1) is 5.92 Å². The minimum absolute atomic E-state index is 0.153. The van der Waals surface area contributed by atoms with E-state index < -0.39 is 5.69 Å². The molecular weight excluding hydrogens is 438 g/mol. The standard InChI is InChI=1S/C25H26ClN5O2/c1-4-17-8-10-20(11-9-17)29-13-16(2)14-30-21-22(27-24(29)30)28(3)25(33)31(23(21)32)15-18-6-5-7-19(26)12-18/h5-12,16H,4,13-15H2,1-3H3/t16-/m1/s1. The first kappa shape index (κ1) is 21.5. The number of hydrogen-bond donors (Lipinski definition) is 0. The highest BCUT2D eigenvalue weighted by Crippen LogP contribution is 2.33. The third-order valence-corrected chi connectivity index (χ3v) is 6.56. The van der Waals surface area contributed by atoms with E-state index in [1.165, 1.54) is 14.7 Å². The molecule has 0 bridgehead atoms. The Labute approximate surface area is 196 Å². The van der Waals surface area contributed by atoms with Crippen LogP contribution in [0.15, 0.2) is 58.1 Å². The highest BCUT2D eigenvalue weighted by atomic mass is 35.5. The van der Waals surface area contributed by atoms with E-state index >= 15 is 0 Å². The number of fused-ring (bicyclic) bond motifs is 3. The molecule has 0 amide bonds. The highest BCUT2D eigenvalue weighted by molar-refractivity contribution is 6.30. The van der Waals surface area contributed by atoms with Crippen LogP contribution in [-0.4, -0.2) is 25.2 Å². The maximum absolute atomic E-state index is 13.6. The largest absolute Gasteiger partial charge is 0.332 e. The fourth-order valence-electron chi connectivity index (χ4n) is 4.59. The van der Waals surface area contributed by atoms with E-state index in [4.69, 9.17) is 16.6 Å². The van der Waals surface area contributed by atoms with E-state index in [1.807, 2.05) is 16.7 Å². The van der Waals surface area contributed by atoms with E-state index in [0.29, 0.717) is 34.6 Å². The summed E-state index contributed by atoms with van der Waals surface area (Å²) in [7, 11) is 1.67. The Hall–Kier alpha value is -3.32. The normalized spacial score (nSPS) is 15.8. The van der Waals surface area contributed by atoms with Gasteiger partial charge in [0.25, 0.3) is 5.56 Å². The van der Waals surface area contributed by atoms with E-state index in [-0.39, 0.29) is 12.1 Å². The second-order valence-electron chi connectivity index (χ2n) is 8.79. The molecule has 0 unspecified atom stereocenters. The van der Waals surface area contributed by atoms with Gasteiger partial charge in [-0.2, -0.15) is 4.98 Å². The Bertz CT molecular complexity index is 1470. The molecule has 0 N–H and O–H groups in total. The van der Waals surface area contributed by atoms with Crippen molar-refractivity contribution >= 4 is 34.4 Å². The monoisotopic (exact) mass is 463 g/mol. The first-order chi connectivity index (χ1) is 15.9. The minimum atomic E-state index is -0.394. The van der Waals surface area contributed by atoms with Gasteiger partial charge in [0.1, 0.15) is 0 Å². The third-order valence-electron chi connectivity index (χ3n) is 6.33. The Morgan fingerprint density at radius 2 is 1.82 bits per heavy atom. The van der Waals surface area contributed by atoms with Gasteiger partial charge in [0, 0.05) is 30.8 Å². The third kappa shape index (κ3) is 3.66. The molecule has 5 rings (SSSR count). The number of nitrogens with zero attached hydrogens (tertiary/aromatic N) is 5. The van der Waals surface area contributed by atoms with Gasteiger partial charge < -0.3 is 9.47 Å². The first-order valence-corrected chi connectivity index (χ1v) is 11.6. The lowest BCUT2D eigenvalue weighted by Gasteiger charge is -2.33. The summed E-state index contributed by atoms with van der Waals surface area (Å²) in [5, 5.41) is 0.568. The van der Waals surface area contributed by atoms with Crippen molar-refractivity contribution in [3.63, 3.8) is 0 Å². The minimum Gasteiger partial charge on any atom is -0.312 e. The van der Waals surface area contributed by atoms with Gasteiger partial charge in [-0.05, 0) is 47.7 Å². The summed E-state index contributed by atoms with van der Waals surface area (Å²) in [6.45, 7) is 5.90. The quantitative estimate of drug-likeness (QED) is 0.459. The SMILES string of the molecule is CCc1ccc(N2C[C@@H](C)Cn3c2nc2c3c(=O)n(Cc3cccc(Cl)c3)c(=O)n2C)cc1. The van der Waals surface area contributed by atoms with Crippen molar-refractivity contribution in [2.75, 3.05) is 11.4 Å². The van der Waals surface area contributed by atoms with Crippen LogP contribution < -0.4 is 16.1 Å². The van der Waals surface area contributed by atoms with Crippen LogP contribution in [0.1, 0.15) is 25.0 Å². The second kappa shape index (κ2) is 8.23. The summed E-state index contributed by atoms with van der Waals surface area (Å²) in [4.78, 5) is 33.6. The van der Waals surface area contributed by atoms with Gasteiger partial charge in [-0.15, -0.1) is 0 Å². The molecule has 0 spiro atoms. The lowest BCUT2D eigenvalue weighted by atomic mass is 10.1. The van der Waals surface area contributed by atoms with Crippen molar-refractivity contribution in [1.29, 1.82) is 0 Å². The van der Waals surface area contributed by atoms with Gasteiger partial charge >= 0.3 is 5.69 Å². The molecule has 4 aromatic rings. The topological polar surface area (TPSA) is 65.1 Å². The summed E-state index contributed by atoms with van der Waals surface area (Å²) in [6, 6.07) is 15.6. The fraction of sp³-hybridized carbons (Fsp3) is 0.320. The molecule has 1 atom stereocenters. The van der Waals surface area contributed by atoms with Crippen molar-refractivity contribution in [3.8, 4) is 0 Å². The molecule has 0 fully saturated rings. The number of aryl methyl sites for hydroxylation is 2. The predicted octanol–water partition coefficient (Wildman–Crippen LogP) is 3.95. The fourth-order valence-corrected chi connectivity index (χ4v) is 4.80. The molecule has 0 saturated heterocycles. The van der Waals surface area contributed by atoms with E-state index in [2.05, 4.69) is 43.0 Å². The van der Waals surface area contributed by atoms with E-state index in [1.54, 1.807) is 19.2 Å². The average Bonchev–Trinajstić information content (AvgIpc) is 3.19. The zero-order chi connectivity index (χ0) is 23.3. The van der Waals surface area contributed by atoms with Crippen LogP contribution in [0.2, 0.25) is 5.02 Å². The molecule has 1 aliphatic rings. The molecule has 170 valence electrons. The van der Waals surface area contributed by atoms with Crippen molar-refractivity contribution in [1.82, 2.24) is 18.7 Å². The Kier molecular flexibility index (Phi) is 5.37. The predicted molar refractivity (Wildman–Crippen MR) is 132 cm³/mol. The highest BCUT2D eigenvalue weighted by Gasteiger charge is 2.29. The molecule has 1 aliphatic heterocycles. The molecule has 2 aromatic heterocycles. The molecule has 2 aromatic carbocycles. The summed E-state index contributed by atoms with van der Waals surface area (Å²) in [5.74, 6) is 0.999. The summed E-state index contributed by atoms with van der Waals surface area (Å²) < 4.78 is 4.70. The number of aromatic nitrogens is 4. The van der Waals surface area contributed by atoms with Crippen LogP contribution in [0.3, 0.4) is 0 Å². The zero-order valence-electron chi connectivity index (χ0n) is 19.0. The molecule has 0 radical (unpaired) electrons. The number of benzene rings is 2. The van der Waals surface area contributed by atoms with Gasteiger partial charge in [-0.3, -0.25) is 13.9 Å². The molecule has 8 heteroatoms. The molecular formula is C25H26ClN5O2. The van der Waals surface area contributed by atoms with Crippen LogP contribution in [0.5, 0.6) is 0 Å². The van der Waals surface area contributed by atoms with Crippen LogP contribution in [0.4, 0.5) is 11.6 Å². The maximum atomic E-state index is 13.6.